The van der Waals surface area contributed by atoms with Crippen LogP contribution >= 0.6 is 0 Å². The van der Waals surface area contributed by atoms with E-state index in [9.17, 15) is 0 Å². The fourth-order valence-corrected chi connectivity index (χ4v) is 4.61. The van der Waals surface area contributed by atoms with Gasteiger partial charge in [-0.3, -0.25) is 0 Å². The lowest BCUT2D eigenvalue weighted by molar-refractivity contribution is 0.315. The quantitative estimate of drug-likeness (QED) is 0.867. The average molecular weight is 327 g/mol. The first-order valence-corrected chi connectivity index (χ1v) is 9.31. The Hall–Kier alpha value is -1.62. The molecule has 1 aliphatic carbocycles. The molecule has 0 amide bonds. The van der Waals surface area contributed by atoms with E-state index >= 15 is 0 Å². The van der Waals surface area contributed by atoms with Crippen LogP contribution in [0.2, 0.25) is 0 Å². The third kappa shape index (κ3) is 2.41. The smallest absolute Gasteiger partial charge is 0.146 e. The highest BCUT2D eigenvalue weighted by Crippen LogP contribution is 2.38. The van der Waals surface area contributed by atoms with Gasteiger partial charge < -0.3 is 14.4 Å². The summed E-state index contributed by atoms with van der Waals surface area (Å²) < 4.78 is 2.50. The van der Waals surface area contributed by atoms with E-state index < -0.39 is 0 Å². The van der Waals surface area contributed by atoms with Crippen LogP contribution in [0.25, 0.3) is 11.0 Å². The van der Waals surface area contributed by atoms with Gasteiger partial charge in [0.1, 0.15) is 17.8 Å². The molecule has 0 spiro atoms. The van der Waals surface area contributed by atoms with Crippen LogP contribution in [0.5, 0.6) is 0 Å². The van der Waals surface area contributed by atoms with Crippen molar-refractivity contribution in [2.45, 2.75) is 58.0 Å². The Morgan fingerprint density at radius 2 is 1.83 bits per heavy atom. The number of hydrogen-bond donors (Lipinski definition) is 0. The number of nitrogens with zero attached hydrogens (tertiary/aromatic N) is 5. The molecule has 1 aliphatic heterocycles. The standard InChI is InChI=1S/C19H29N5/c1-13-14(2)24(15-7-5-6-8-15)19-17(13)18(20-12-21-19)23-10-9-16(11-23)22(3)4/h12,15-16H,5-11H2,1-4H3/t16-/m1/s1. The fourth-order valence-electron chi connectivity index (χ4n) is 4.61. The number of hydrogen-bond acceptors (Lipinski definition) is 4. The van der Waals surface area contributed by atoms with Crippen LogP contribution in [-0.2, 0) is 0 Å². The van der Waals surface area contributed by atoms with Crippen LogP contribution < -0.4 is 4.90 Å². The lowest BCUT2D eigenvalue weighted by Crippen LogP contribution is -2.31. The van der Waals surface area contributed by atoms with E-state index in [4.69, 9.17) is 9.97 Å². The van der Waals surface area contributed by atoms with Gasteiger partial charge in [-0.25, -0.2) is 9.97 Å². The molecule has 2 aliphatic rings. The molecule has 0 radical (unpaired) electrons. The fraction of sp³-hybridized carbons (Fsp3) is 0.684. The van der Waals surface area contributed by atoms with Crippen LogP contribution in [0, 0.1) is 13.8 Å². The number of rotatable bonds is 3. The van der Waals surface area contributed by atoms with Gasteiger partial charge in [0.05, 0.1) is 5.39 Å². The molecular formula is C19H29N5. The Kier molecular flexibility index (Phi) is 3.99. The van der Waals surface area contributed by atoms with Gasteiger partial charge >= 0.3 is 0 Å². The molecule has 0 unspecified atom stereocenters. The highest BCUT2D eigenvalue weighted by atomic mass is 15.3. The summed E-state index contributed by atoms with van der Waals surface area (Å²) in [7, 11) is 4.35. The SMILES string of the molecule is Cc1c(C)n(C2CCCC2)c2ncnc(N3CC[C@@H](N(C)C)C3)c12. The van der Waals surface area contributed by atoms with Crippen LogP contribution in [0.3, 0.4) is 0 Å². The zero-order chi connectivity index (χ0) is 16.8. The van der Waals surface area contributed by atoms with Crippen molar-refractivity contribution in [2.75, 3.05) is 32.1 Å². The van der Waals surface area contributed by atoms with E-state index in [1.807, 2.05) is 0 Å². The predicted molar refractivity (Wildman–Crippen MR) is 98.8 cm³/mol. The minimum Gasteiger partial charge on any atom is -0.354 e. The molecule has 2 fully saturated rings. The Labute approximate surface area is 144 Å². The summed E-state index contributed by atoms with van der Waals surface area (Å²) in [4.78, 5) is 14.2. The van der Waals surface area contributed by atoms with Gasteiger partial charge in [-0.15, -0.1) is 0 Å². The molecule has 24 heavy (non-hydrogen) atoms. The summed E-state index contributed by atoms with van der Waals surface area (Å²) in [6.45, 7) is 6.65. The molecule has 4 rings (SSSR count). The molecule has 5 nitrogen and oxygen atoms in total. The summed E-state index contributed by atoms with van der Waals surface area (Å²) in [5.41, 5.74) is 3.89. The molecule has 3 heterocycles. The largest absolute Gasteiger partial charge is 0.354 e. The van der Waals surface area contributed by atoms with Gasteiger partial charge in [0.2, 0.25) is 0 Å². The maximum absolute atomic E-state index is 4.71. The highest BCUT2D eigenvalue weighted by Gasteiger charge is 2.29. The predicted octanol–water partition coefficient (Wildman–Crippen LogP) is 3.30. The first-order chi connectivity index (χ1) is 11.6. The van der Waals surface area contributed by atoms with Crippen molar-refractivity contribution in [2.24, 2.45) is 0 Å². The molecule has 0 aromatic carbocycles. The van der Waals surface area contributed by atoms with Gasteiger partial charge in [0.15, 0.2) is 0 Å². The lowest BCUT2D eigenvalue weighted by Gasteiger charge is -2.21. The van der Waals surface area contributed by atoms with Crippen LogP contribution in [0.15, 0.2) is 6.33 Å². The van der Waals surface area contributed by atoms with E-state index in [0.717, 1.165) is 24.6 Å². The van der Waals surface area contributed by atoms with Gasteiger partial charge in [-0.05, 0) is 52.8 Å². The van der Waals surface area contributed by atoms with Gasteiger partial charge in [-0.2, -0.15) is 0 Å². The molecule has 2 aromatic heterocycles. The van der Waals surface area contributed by atoms with Gasteiger partial charge in [0, 0.05) is 30.9 Å². The molecule has 2 aromatic rings. The summed E-state index contributed by atoms with van der Waals surface area (Å²) in [6, 6.07) is 1.24. The second-order valence-corrected chi connectivity index (χ2v) is 7.77. The maximum atomic E-state index is 4.71. The number of aromatic nitrogens is 3. The minimum absolute atomic E-state index is 0.619. The van der Waals surface area contributed by atoms with Gasteiger partial charge in [-0.1, -0.05) is 12.8 Å². The summed E-state index contributed by atoms with van der Waals surface area (Å²) in [5, 5.41) is 1.28. The second kappa shape index (κ2) is 6.03. The zero-order valence-electron chi connectivity index (χ0n) is 15.4. The van der Waals surface area contributed by atoms with Crippen molar-refractivity contribution >= 4 is 16.9 Å². The number of likely N-dealkylation sites (N-methyl/N-ethyl adjacent to an activating group) is 1. The van der Waals surface area contributed by atoms with Crippen molar-refractivity contribution in [1.29, 1.82) is 0 Å². The summed E-state index contributed by atoms with van der Waals surface area (Å²) in [6.07, 6.45) is 8.24. The van der Waals surface area contributed by atoms with E-state index in [1.165, 1.54) is 48.7 Å². The molecule has 130 valence electrons. The third-order valence-electron chi connectivity index (χ3n) is 6.20. The second-order valence-electron chi connectivity index (χ2n) is 7.77. The van der Waals surface area contributed by atoms with Crippen molar-refractivity contribution < 1.29 is 0 Å². The number of fused-ring (bicyclic) bond motifs is 1. The van der Waals surface area contributed by atoms with Crippen molar-refractivity contribution in [1.82, 2.24) is 19.4 Å². The summed E-state index contributed by atoms with van der Waals surface area (Å²) in [5.74, 6) is 1.14. The maximum Gasteiger partial charge on any atom is 0.146 e. The molecular weight excluding hydrogens is 298 g/mol. The molecule has 1 saturated heterocycles. The average Bonchev–Trinajstić information content (AvgIpc) is 3.29. The van der Waals surface area contributed by atoms with E-state index in [0.29, 0.717) is 12.1 Å². The van der Waals surface area contributed by atoms with Crippen LogP contribution in [0.4, 0.5) is 5.82 Å². The lowest BCUT2D eigenvalue weighted by atomic mass is 10.2. The zero-order valence-corrected chi connectivity index (χ0v) is 15.4. The van der Waals surface area contributed by atoms with Crippen molar-refractivity contribution in [3.63, 3.8) is 0 Å². The third-order valence-corrected chi connectivity index (χ3v) is 6.20. The number of anilines is 1. The van der Waals surface area contributed by atoms with Crippen molar-refractivity contribution in [3.8, 4) is 0 Å². The Balaban J connectivity index is 1.79. The Morgan fingerprint density at radius 1 is 1.08 bits per heavy atom. The first kappa shape index (κ1) is 15.9. The highest BCUT2D eigenvalue weighted by molar-refractivity contribution is 5.92. The molecule has 1 atom stereocenters. The number of aryl methyl sites for hydroxylation is 1. The first-order valence-electron chi connectivity index (χ1n) is 9.31. The molecule has 1 saturated carbocycles. The minimum atomic E-state index is 0.619. The molecule has 0 bridgehead atoms. The van der Waals surface area contributed by atoms with Crippen LogP contribution in [-0.4, -0.2) is 52.7 Å². The molecule has 0 N–H and O–H groups in total. The van der Waals surface area contributed by atoms with Crippen LogP contribution in [0.1, 0.15) is 49.4 Å². The Morgan fingerprint density at radius 3 is 2.50 bits per heavy atom. The van der Waals surface area contributed by atoms with Crippen molar-refractivity contribution in [3.05, 3.63) is 17.6 Å². The van der Waals surface area contributed by atoms with E-state index in [1.54, 1.807) is 6.33 Å². The monoisotopic (exact) mass is 327 g/mol. The normalized spacial score (nSPS) is 22.4. The molecule has 5 heteroatoms. The van der Waals surface area contributed by atoms with E-state index in [2.05, 4.69) is 42.3 Å². The topological polar surface area (TPSA) is 37.2 Å². The Bertz CT molecular complexity index is 742. The van der Waals surface area contributed by atoms with E-state index in [-0.39, 0.29) is 0 Å². The summed E-state index contributed by atoms with van der Waals surface area (Å²) >= 11 is 0. The van der Waals surface area contributed by atoms with Gasteiger partial charge in [0.25, 0.3) is 0 Å².